The molecule has 0 unspecified atom stereocenters. The number of likely N-dealkylation sites (tertiary alicyclic amines) is 1. The Morgan fingerprint density at radius 1 is 1.08 bits per heavy atom. The quantitative estimate of drug-likeness (QED) is 0.838. The highest BCUT2D eigenvalue weighted by atomic mass is 16.5. The highest BCUT2D eigenvalue weighted by Crippen LogP contribution is 2.18. The van der Waals surface area contributed by atoms with Crippen molar-refractivity contribution in [2.75, 3.05) is 19.7 Å². The molecule has 1 N–H and O–H groups in total. The van der Waals surface area contributed by atoms with Crippen LogP contribution in [0.2, 0.25) is 0 Å². The molecule has 3 rings (SSSR count). The fourth-order valence-corrected chi connectivity index (χ4v) is 3.18. The second-order valence-electron chi connectivity index (χ2n) is 6.40. The number of nitrogens with one attached hydrogen (secondary N) is 1. The Bertz CT molecular complexity index is 691. The first kappa shape index (κ1) is 17.5. The number of para-hydroxylation sites is 1. The summed E-state index contributed by atoms with van der Waals surface area (Å²) in [5.41, 5.74) is 2.95. The lowest BCUT2D eigenvalue weighted by Gasteiger charge is -2.14. The van der Waals surface area contributed by atoms with Crippen LogP contribution in [0.5, 0.6) is 5.75 Å². The van der Waals surface area contributed by atoms with Crippen LogP contribution in [0.25, 0.3) is 0 Å². The van der Waals surface area contributed by atoms with E-state index in [0.29, 0.717) is 18.7 Å². The fraction of sp³-hybridized carbons (Fsp3) is 0.381. The molecule has 4 heteroatoms. The maximum atomic E-state index is 12.4. The van der Waals surface area contributed by atoms with Crippen LogP contribution >= 0.6 is 0 Å². The molecule has 0 atom stereocenters. The van der Waals surface area contributed by atoms with E-state index in [0.717, 1.165) is 17.9 Å². The Kier molecular flexibility index (Phi) is 6.07. The summed E-state index contributed by atoms with van der Waals surface area (Å²) in [4.78, 5) is 14.8. The number of nitrogens with zero attached hydrogens (tertiary/aromatic N) is 1. The van der Waals surface area contributed by atoms with Gasteiger partial charge in [0.2, 0.25) is 0 Å². The second-order valence-corrected chi connectivity index (χ2v) is 6.40. The van der Waals surface area contributed by atoms with E-state index >= 15 is 0 Å². The van der Waals surface area contributed by atoms with Gasteiger partial charge < -0.3 is 10.1 Å². The normalized spacial score (nSPS) is 14.4. The summed E-state index contributed by atoms with van der Waals surface area (Å²) < 4.78 is 5.60. The Morgan fingerprint density at radius 2 is 1.80 bits per heavy atom. The van der Waals surface area contributed by atoms with Gasteiger partial charge in [-0.25, -0.2) is 0 Å². The van der Waals surface area contributed by atoms with Gasteiger partial charge >= 0.3 is 0 Å². The first-order chi connectivity index (χ1) is 12.3. The van der Waals surface area contributed by atoms with Crippen molar-refractivity contribution >= 4 is 5.91 Å². The lowest BCUT2D eigenvalue weighted by molar-refractivity contribution is 0.0950. The molecule has 0 aromatic heterocycles. The standard InChI is InChI=1S/C21H26N2O2/c1-2-25-20-8-4-3-7-19(20)15-22-21(24)18-11-9-17(10-12-18)16-23-13-5-6-14-23/h3-4,7-12H,2,5-6,13-16H2,1H3,(H,22,24). The highest BCUT2D eigenvalue weighted by molar-refractivity contribution is 5.94. The summed E-state index contributed by atoms with van der Waals surface area (Å²) in [5, 5.41) is 2.98. The van der Waals surface area contributed by atoms with E-state index in [-0.39, 0.29) is 5.91 Å². The van der Waals surface area contributed by atoms with Gasteiger partial charge in [-0.05, 0) is 56.6 Å². The van der Waals surface area contributed by atoms with E-state index in [1.165, 1.54) is 31.5 Å². The van der Waals surface area contributed by atoms with E-state index in [9.17, 15) is 4.79 Å². The summed E-state index contributed by atoms with van der Waals surface area (Å²) in [6, 6.07) is 15.7. The number of benzene rings is 2. The molecular weight excluding hydrogens is 312 g/mol. The van der Waals surface area contributed by atoms with Gasteiger partial charge in [-0.3, -0.25) is 9.69 Å². The first-order valence-electron chi connectivity index (χ1n) is 9.06. The van der Waals surface area contributed by atoms with Crippen molar-refractivity contribution < 1.29 is 9.53 Å². The van der Waals surface area contributed by atoms with Gasteiger partial charge in [-0.15, -0.1) is 0 Å². The first-order valence-corrected chi connectivity index (χ1v) is 9.06. The molecule has 0 bridgehead atoms. The lowest BCUT2D eigenvalue weighted by atomic mass is 10.1. The van der Waals surface area contributed by atoms with Crippen LogP contribution in [-0.2, 0) is 13.1 Å². The zero-order chi connectivity index (χ0) is 17.5. The third kappa shape index (κ3) is 4.83. The number of rotatable bonds is 7. The minimum atomic E-state index is -0.0565. The van der Waals surface area contributed by atoms with Gasteiger partial charge in [0.25, 0.3) is 5.91 Å². The molecular formula is C21H26N2O2. The van der Waals surface area contributed by atoms with Crippen molar-refractivity contribution in [2.24, 2.45) is 0 Å². The largest absolute Gasteiger partial charge is 0.494 e. The van der Waals surface area contributed by atoms with Crippen molar-refractivity contribution in [3.8, 4) is 5.75 Å². The van der Waals surface area contributed by atoms with Crippen molar-refractivity contribution in [3.63, 3.8) is 0 Å². The average Bonchev–Trinajstić information content (AvgIpc) is 3.15. The van der Waals surface area contributed by atoms with E-state index in [2.05, 4.69) is 22.3 Å². The van der Waals surface area contributed by atoms with E-state index < -0.39 is 0 Å². The molecule has 1 heterocycles. The van der Waals surface area contributed by atoms with Gasteiger partial charge in [0.05, 0.1) is 6.61 Å². The molecule has 25 heavy (non-hydrogen) atoms. The molecule has 1 aliphatic rings. The minimum Gasteiger partial charge on any atom is -0.494 e. The molecule has 0 saturated carbocycles. The van der Waals surface area contributed by atoms with Crippen molar-refractivity contribution in [1.29, 1.82) is 0 Å². The summed E-state index contributed by atoms with van der Waals surface area (Å²) in [6.45, 7) is 6.37. The van der Waals surface area contributed by atoms with Crippen LogP contribution in [0.3, 0.4) is 0 Å². The van der Waals surface area contributed by atoms with Gasteiger partial charge in [0.15, 0.2) is 0 Å². The molecule has 0 aliphatic carbocycles. The van der Waals surface area contributed by atoms with Gasteiger partial charge in [0, 0.05) is 24.2 Å². The molecule has 4 nitrogen and oxygen atoms in total. The molecule has 0 spiro atoms. The third-order valence-electron chi connectivity index (χ3n) is 4.53. The molecule has 2 aromatic rings. The highest BCUT2D eigenvalue weighted by Gasteiger charge is 2.12. The summed E-state index contributed by atoms with van der Waals surface area (Å²) in [5.74, 6) is 0.769. The molecule has 1 amide bonds. The van der Waals surface area contributed by atoms with Crippen molar-refractivity contribution in [2.45, 2.75) is 32.9 Å². The van der Waals surface area contributed by atoms with E-state index in [4.69, 9.17) is 4.74 Å². The van der Waals surface area contributed by atoms with Crippen LogP contribution < -0.4 is 10.1 Å². The van der Waals surface area contributed by atoms with Crippen LogP contribution in [0.4, 0.5) is 0 Å². The molecule has 0 radical (unpaired) electrons. The van der Waals surface area contributed by atoms with Crippen molar-refractivity contribution in [3.05, 3.63) is 65.2 Å². The smallest absolute Gasteiger partial charge is 0.251 e. The van der Waals surface area contributed by atoms with Crippen LogP contribution in [0.15, 0.2) is 48.5 Å². The van der Waals surface area contributed by atoms with Crippen LogP contribution in [0, 0.1) is 0 Å². The monoisotopic (exact) mass is 338 g/mol. The zero-order valence-electron chi connectivity index (χ0n) is 14.8. The Balaban J connectivity index is 1.56. The number of carbonyl (C=O) groups is 1. The predicted octanol–water partition coefficient (Wildman–Crippen LogP) is 3.61. The number of ether oxygens (including phenoxy) is 1. The third-order valence-corrected chi connectivity index (χ3v) is 4.53. The summed E-state index contributed by atoms with van der Waals surface area (Å²) in [7, 11) is 0. The number of carbonyl (C=O) groups excluding carboxylic acids is 1. The predicted molar refractivity (Wildman–Crippen MR) is 99.7 cm³/mol. The average molecular weight is 338 g/mol. The maximum absolute atomic E-state index is 12.4. The Labute approximate surface area is 149 Å². The molecule has 2 aromatic carbocycles. The number of hydrogen-bond acceptors (Lipinski definition) is 3. The SMILES string of the molecule is CCOc1ccccc1CNC(=O)c1ccc(CN2CCCC2)cc1. The summed E-state index contributed by atoms with van der Waals surface area (Å²) in [6.07, 6.45) is 2.59. The number of amides is 1. The van der Waals surface area contributed by atoms with E-state index in [1.54, 1.807) is 0 Å². The van der Waals surface area contributed by atoms with Gasteiger partial charge in [-0.1, -0.05) is 30.3 Å². The zero-order valence-corrected chi connectivity index (χ0v) is 14.8. The molecule has 1 fully saturated rings. The van der Waals surface area contributed by atoms with Crippen LogP contribution in [-0.4, -0.2) is 30.5 Å². The number of hydrogen-bond donors (Lipinski definition) is 1. The molecule has 1 saturated heterocycles. The topological polar surface area (TPSA) is 41.6 Å². The summed E-state index contributed by atoms with van der Waals surface area (Å²) >= 11 is 0. The fourth-order valence-electron chi connectivity index (χ4n) is 3.18. The Morgan fingerprint density at radius 3 is 2.52 bits per heavy atom. The van der Waals surface area contributed by atoms with Crippen molar-refractivity contribution in [1.82, 2.24) is 10.2 Å². The Hall–Kier alpha value is -2.33. The van der Waals surface area contributed by atoms with E-state index in [1.807, 2.05) is 43.3 Å². The minimum absolute atomic E-state index is 0.0565. The maximum Gasteiger partial charge on any atom is 0.251 e. The van der Waals surface area contributed by atoms with Gasteiger partial charge in [-0.2, -0.15) is 0 Å². The van der Waals surface area contributed by atoms with Crippen LogP contribution in [0.1, 0.15) is 41.3 Å². The molecule has 1 aliphatic heterocycles. The lowest BCUT2D eigenvalue weighted by Crippen LogP contribution is -2.23. The van der Waals surface area contributed by atoms with Gasteiger partial charge in [0.1, 0.15) is 5.75 Å². The second kappa shape index (κ2) is 8.67. The molecule has 132 valence electrons.